The predicted molar refractivity (Wildman–Crippen MR) is 70.7 cm³/mol. The maximum Gasteiger partial charge on any atom is 0.263 e. The van der Waals surface area contributed by atoms with Crippen molar-refractivity contribution in [3.8, 4) is 0 Å². The summed E-state index contributed by atoms with van der Waals surface area (Å²) in [5.41, 5.74) is 0. The second kappa shape index (κ2) is 5.43. The predicted octanol–water partition coefficient (Wildman–Crippen LogP) is 1.38. The van der Waals surface area contributed by atoms with Crippen LogP contribution in [0.4, 0.5) is 0 Å². The van der Waals surface area contributed by atoms with Crippen LogP contribution in [-0.2, 0) is 23.6 Å². The Balaban J connectivity index is 2.37. The van der Waals surface area contributed by atoms with E-state index < -0.39 is 10.0 Å². The van der Waals surface area contributed by atoms with Crippen LogP contribution in [0, 0.1) is 0 Å². The highest BCUT2D eigenvalue weighted by Crippen LogP contribution is 2.23. The number of hydrogen-bond acceptors (Lipinski definition) is 5. The average molecular weight is 349 g/mol. The highest BCUT2D eigenvalue weighted by Gasteiger charge is 2.30. The molecule has 0 saturated heterocycles. The van der Waals surface area contributed by atoms with Crippen LogP contribution >= 0.6 is 15.9 Å². The SMILES string of the molecule is CCN(Cc1ccco1)S(=O)(=O)c1c(Br)nnn1C. The van der Waals surface area contributed by atoms with Crippen LogP contribution < -0.4 is 0 Å². The summed E-state index contributed by atoms with van der Waals surface area (Å²) in [6.07, 6.45) is 1.51. The molecule has 2 heterocycles. The van der Waals surface area contributed by atoms with Gasteiger partial charge in [-0.1, -0.05) is 12.1 Å². The van der Waals surface area contributed by atoms with E-state index in [9.17, 15) is 8.42 Å². The Labute approximate surface area is 119 Å². The third-order valence-corrected chi connectivity index (χ3v) is 5.40. The van der Waals surface area contributed by atoms with Gasteiger partial charge < -0.3 is 4.42 Å². The summed E-state index contributed by atoms with van der Waals surface area (Å²) >= 11 is 3.10. The Morgan fingerprint density at radius 2 is 2.26 bits per heavy atom. The normalized spacial score (nSPS) is 12.2. The Morgan fingerprint density at radius 1 is 1.53 bits per heavy atom. The van der Waals surface area contributed by atoms with Gasteiger partial charge >= 0.3 is 0 Å². The molecule has 0 aliphatic carbocycles. The molecule has 7 nitrogen and oxygen atoms in total. The Morgan fingerprint density at radius 3 is 2.74 bits per heavy atom. The minimum atomic E-state index is -3.68. The van der Waals surface area contributed by atoms with Crippen molar-refractivity contribution >= 4 is 26.0 Å². The van der Waals surface area contributed by atoms with E-state index in [-0.39, 0.29) is 16.2 Å². The van der Waals surface area contributed by atoms with Gasteiger partial charge in [0.1, 0.15) is 5.76 Å². The van der Waals surface area contributed by atoms with Gasteiger partial charge in [0.05, 0.1) is 12.8 Å². The second-order valence-electron chi connectivity index (χ2n) is 3.82. The minimum absolute atomic E-state index is 0.0286. The molecule has 0 radical (unpaired) electrons. The topological polar surface area (TPSA) is 81.2 Å². The molecule has 0 saturated carbocycles. The van der Waals surface area contributed by atoms with Crippen molar-refractivity contribution < 1.29 is 12.8 Å². The molecule has 0 atom stereocenters. The zero-order valence-electron chi connectivity index (χ0n) is 10.4. The summed E-state index contributed by atoms with van der Waals surface area (Å²) < 4.78 is 33.0. The molecular weight excluding hydrogens is 336 g/mol. The van der Waals surface area contributed by atoms with Crippen LogP contribution in [0.1, 0.15) is 12.7 Å². The number of aryl methyl sites for hydroxylation is 1. The van der Waals surface area contributed by atoms with Crippen molar-refractivity contribution in [1.82, 2.24) is 19.3 Å². The fourth-order valence-corrected chi connectivity index (χ4v) is 4.11. The highest BCUT2D eigenvalue weighted by atomic mass is 79.9. The second-order valence-corrected chi connectivity index (χ2v) is 6.42. The monoisotopic (exact) mass is 348 g/mol. The smallest absolute Gasteiger partial charge is 0.263 e. The quantitative estimate of drug-likeness (QED) is 0.815. The first kappa shape index (κ1) is 14.2. The van der Waals surface area contributed by atoms with Gasteiger partial charge in [0.15, 0.2) is 4.60 Å². The van der Waals surface area contributed by atoms with Crippen LogP contribution in [0.25, 0.3) is 0 Å². The van der Waals surface area contributed by atoms with Gasteiger partial charge in [-0.2, -0.15) is 4.31 Å². The van der Waals surface area contributed by atoms with Gasteiger partial charge in [-0.25, -0.2) is 13.1 Å². The highest BCUT2D eigenvalue weighted by molar-refractivity contribution is 9.10. The summed E-state index contributed by atoms with van der Waals surface area (Å²) in [4.78, 5) is 0. The summed E-state index contributed by atoms with van der Waals surface area (Å²) in [5, 5.41) is 7.41. The lowest BCUT2D eigenvalue weighted by molar-refractivity contribution is 0.372. The first-order valence-corrected chi connectivity index (χ1v) is 7.77. The summed E-state index contributed by atoms with van der Waals surface area (Å²) in [6.45, 7) is 2.25. The van der Waals surface area contributed by atoms with E-state index in [2.05, 4.69) is 26.2 Å². The van der Waals surface area contributed by atoms with Crippen molar-refractivity contribution in [1.29, 1.82) is 0 Å². The molecule has 0 aromatic carbocycles. The van der Waals surface area contributed by atoms with Gasteiger partial charge in [0.2, 0.25) is 5.03 Å². The molecule has 0 amide bonds. The zero-order valence-corrected chi connectivity index (χ0v) is 12.8. The molecule has 0 aliphatic rings. The third kappa shape index (κ3) is 2.72. The van der Waals surface area contributed by atoms with Crippen molar-refractivity contribution in [2.75, 3.05) is 6.54 Å². The maximum absolute atomic E-state index is 12.5. The van der Waals surface area contributed by atoms with Crippen LogP contribution in [0.2, 0.25) is 0 Å². The van der Waals surface area contributed by atoms with E-state index in [0.717, 1.165) is 0 Å². The molecule has 104 valence electrons. The van der Waals surface area contributed by atoms with Gasteiger partial charge in [0, 0.05) is 13.6 Å². The molecule has 19 heavy (non-hydrogen) atoms. The molecule has 0 aliphatic heterocycles. The third-order valence-electron chi connectivity index (χ3n) is 2.59. The first-order valence-electron chi connectivity index (χ1n) is 5.54. The van der Waals surface area contributed by atoms with Crippen LogP contribution in [0.15, 0.2) is 32.4 Å². The van der Waals surface area contributed by atoms with E-state index in [1.54, 1.807) is 19.1 Å². The summed E-state index contributed by atoms with van der Waals surface area (Å²) in [6, 6.07) is 3.45. The van der Waals surface area contributed by atoms with Crippen LogP contribution in [0.5, 0.6) is 0 Å². The molecular formula is C10H13BrN4O3S. The fraction of sp³-hybridized carbons (Fsp3) is 0.400. The van der Waals surface area contributed by atoms with Gasteiger partial charge in [-0.3, -0.25) is 0 Å². The number of sulfonamides is 1. The average Bonchev–Trinajstić information content (AvgIpc) is 2.96. The number of nitrogens with zero attached hydrogens (tertiary/aromatic N) is 4. The standard InChI is InChI=1S/C10H13BrN4O3S/c1-3-15(7-8-5-4-6-18-8)19(16,17)10-9(11)12-13-14(10)2/h4-6H,3,7H2,1-2H3. The lowest BCUT2D eigenvalue weighted by Crippen LogP contribution is -2.32. The van der Waals surface area contributed by atoms with Crippen LogP contribution in [0.3, 0.4) is 0 Å². The number of aromatic nitrogens is 3. The zero-order chi connectivity index (χ0) is 14.0. The Bertz CT molecular complexity index is 631. The van der Waals surface area contributed by atoms with Crippen molar-refractivity contribution in [3.05, 3.63) is 28.8 Å². The fourth-order valence-electron chi connectivity index (χ4n) is 1.66. The number of halogens is 1. The molecule has 0 unspecified atom stereocenters. The lowest BCUT2D eigenvalue weighted by atomic mass is 10.4. The Kier molecular flexibility index (Phi) is 4.07. The van der Waals surface area contributed by atoms with Crippen molar-refractivity contribution in [3.63, 3.8) is 0 Å². The van der Waals surface area contributed by atoms with Crippen molar-refractivity contribution in [2.24, 2.45) is 7.05 Å². The summed E-state index contributed by atoms with van der Waals surface area (Å²) in [7, 11) is -2.15. The Hall–Kier alpha value is -1.19. The number of hydrogen-bond donors (Lipinski definition) is 0. The van der Waals surface area contributed by atoms with E-state index in [1.165, 1.54) is 22.3 Å². The summed E-state index contributed by atoms with van der Waals surface area (Å²) in [5.74, 6) is 0.580. The number of rotatable bonds is 5. The molecule has 2 aromatic heterocycles. The van der Waals surface area contributed by atoms with E-state index in [1.807, 2.05) is 0 Å². The van der Waals surface area contributed by atoms with E-state index in [0.29, 0.717) is 12.3 Å². The van der Waals surface area contributed by atoms with E-state index >= 15 is 0 Å². The van der Waals surface area contributed by atoms with Gasteiger partial charge in [0.25, 0.3) is 10.0 Å². The molecule has 2 rings (SSSR count). The maximum atomic E-state index is 12.5. The minimum Gasteiger partial charge on any atom is -0.468 e. The molecule has 0 N–H and O–H groups in total. The van der Waals surface area contributed by atoms with Gasteiger partial charge in [-0.05, 0) is 28.1 Å². The lowest BCUT2D eigenvalue weighted by Gasteiger charge is -2.18. The van der Waals surface area contributed by atoms with Crippen LogP contribution in [-0.4, -0.2) is 34.3 Å². The molecule has 0 bridgehead atoms. The molecule has 9 heteroatoms. The first-order chi connectivity index (χ1) is 8.96. The number of furan rings is 1. The largest absolute Gasteiger partial charge is 0.468 e. The molecule has 0 spiro atoms. The van der Waals surface area contributed by atoms with Gasteiger partial charge in [-0.15, -0.1) is 5.10 Å². The molecule has 0 fully saturated rings. The van der Waals surface area contributed by atoms with E-state index in [4.69, 9.17) is 4.42 Å². The molecule has 2 aromatic rings. The van der Waals surface area contributed by atoms with Crippen molar-refractivity contribution in [2.45, 2.75) is 18.5 Å².